The zero-order chi connectivity index (χ0) is 13.3. The van der Waals surface area contributed by atoms with E-state index < -0.39 is 5.60 Å². The molecule has 0 atom stereocenters. The van der Waals surface area contributed by atoms with Gasteiger partial charge in [-0.15, -0.1) is 0 Å². The highest BCUT2D eigenvalue weighted by Gasteiger charge is 2.26. The first kappa shape index (κ1) is 13.1. The van der Waals surface area contributed by atoms with Gasteiger partial charge < -0.3 is 4.74 Å². The summed E-state index contributed by atoms with van der Waals surface area (Å²) in [5, 5.41) is 0. The SMILES string of the molecule is CC(C)(C)OC(=O)N1CC=Cc2cc(Br)cnc21. The molecule has 0 fully saturated rings. The number of carbonyl (C=O) groups is 1. The third-order valence-electron chi connectivity index (χ3n) is 2.32. The summed E-state index contributed by atoms with van der Waals surface area (Å²) >= 11 is 3.37. The Morgan fingerprint density at radius 3 is 2.89 bits per heavy atom. The molecule has 5 heteroatoms. The molecule has 0 N–H and O–H groups in total. The Labute approximate surface area is 115 Å². The zero-order valence-corrected chi connectivity index (χ0v) is 12.2. The normalized spacial score (nSPS) is 14.3. The molecular formula is C13H15BrN2O2. The highest BCUT2D eigenvalue weighted by molar-refractivity contribution is 9.10. The second-order valence-electron chi connectivity index (χ2n) is 5.06. The van der Waals surface area contributed by atoms with Crippen LogP contribution in [0.5, 0.6) is 0 Å². The second kappa shape index (κ2) is 4.72. The molecule has 0 saturated heterocycles. The molecule has 0 spiro atoms. The molecule has 1 aromatic rings. The summed E-state index contributed by atoms with van der Waals surface area (Å²) in [7, 11) is 0. The fraction of sp³-hybridized carbons (Fsp3) is 0.385. The van der Waals surface area contributed by atoms with E-state index >= 15 is 0 Å². The molecule has 1 amide bonds. The van der Waals surface area contributed by atoms with E-state index in [9.17, 15) is 4.79 Å². The predicted molar refractivity (Wildman–Crippen MR) is 74.6 cm³/mol. The van der Waals surface area contributed by atoms with Crippen molar-refractivity contribution >= 4 is 33.9 Å². The van der Waals surface area contributed by atoms with Crippen LogP contribution in [0, 0.1) is 0 Å². The number of fused-ring (bicyclic) bond motifs is 1. The number of amides is 1. The Hall–Kier alpha value is -1.36. The number of hydrogen-bond donors (Lipinski definition) is 0. The highest BCUT2D eigenvalue weighted by Crippen LogP contribution is 2.27. The Balaban J connectivity index is 2.28. The molecule has 0 bridgehead atoms. The van der Waals surface area contributed by atoms with Crippen molar-refractivity contribution in [1.82, 2.24) is 4.98 Å². The standard InChI is InChI=1S/C13H15BrN2O2/c1-13(2,3)18-12(17)16-6-4-5-9-7-10(14)8-15-11(9)16/h4-5,7-8H,6H2,1-3H3. The van der Waals surface area contributed by atoms with E-state index in [1.807, 2.05) is 39.0 Å². The smallest absolute Gasteiger partial charge is 0.416 e. The fourth-order valence-corrected chi connectivity index (χ4v) is 1.99. The third kappa shape index (κ3) is 2.90. The van der Waals surface area contributed by atoms with Crippen LogP contribution in [0.4, 0.5) is 10.6 Å². The maximum atomic E-state index is 12.1. The number of halogens is 1. The van der Waals surface area contributed by atoms with E-state index in [4.69, 9.17) is 4.74 Å². The molecule has 0 aliphatic carbocycles. The minimum Gasteiger partial charge on any atom is -0.443 e. The molecule has 1 aliphatic heterocycles. The van der Waals surface area contributed by atoms with Crippen molar-refractivity contribution in [2.45, 2.75) is 26.4 Å². The Bertz CT molecular complexity index is 506. The minimum absolute atomic E-state index is 0.372. The molecule has 0 aromatic carbocycles. The lowest BCUT2D eigenvalue weighted by Gasteiger charge is -2.28. The number of anilines is 1. The van der Waals surface area contributed by atoms with Gasteiger partial charge in [-0.25, -0.2) is 9.78 Å². The molecule has 18 heavy (non-hydrogen) atoms. The molecular weight excluding hydrogens is 296 g/mol. The van der Waals surface area contributed by atoms with Gasteiger partial charge in [0.2, 0.25) is 0 Å². The van der Waals surface area contributed by atoms with Crippen LogP contribution in [0.2, 0.25) is 0 Å². The lowest BCUT2D eigenvalue weighted by molar-refractivity contribution is 0.0583. The van der Waals surface area contributed by atoms with E-state index in [2.05, 4.69) is 20.9 Å². The lowest BCUT2D eigenvalue weighted by Crippen LogP contribution is -2.38. The molecule has 0 unspecified atom stereocenters. The summed E-state index contributed by atoms with van der Waals surface area (Å²) in [4.78, 5) is 17.9. The van der Waals surface area contributed by atoms with E-state index in [0.29, 0.717) is 12.4 Å². The molecule has 2 rings (SSSR count). The average Bonchev–Trinajstić information content (AvgIpc) is 2.25. The maximum Gasteiger partial charge on any atom is 0.416 e. The van der Waals surface area contributed by atoms with Crippen molar-refractivity contribution < 1.29 is 9.53 Å². The van der Waals surface area contributed by atoms with Crippen LogP contribution in [-0.4, -0.2) is 23.2 Å². The number of hydrogen-bond acceptors (Lipinski definition) is 3. The van der Waals surface area contributed by atoms with E-state index in [1.54, 1.807) is 6.20 Å². The Morgan fingerprint density at radius 2 is 2.22 bits per heavy atom. The molecule has 0 radical (unpaired) electrons. The van der Waals surface area contributed by atoms with Gasteiger partial charge in [-0.1, -0.05) is 12.2 Å². The summed E-state index contributed by atoms with van der Waals surface area (Å²) in [6.07, 6.45) is 5.17. The summed E-state index contributed by atoms with van der Waals surface area (Å²) < 4.78 is 6.25. The number of aromatic nitrogens is 1. The topological polar surface area (TPSA) is 42.4 Å². The summed E-state index contributed by atoms with van der Waals surface area (Å²) in [5.41, 5.74) is 0.398. The van der Waals surface area contributed by atoms with Crippen LogP contribution in [0.1, 0.15) is 26.3 Å². The third-order valence-corrected chi connectivity index (χ3v) is 2.75. The van der Waals surface area contributed by atoms with E-state index in [0.717, 1.165) is 10.0 Å². The van der Waals surface area contributed by atoms with Gasteiger partial charge in [0.1, 0.15) is 11.4 Å². The minimum atomic E-state index is -0.506. The summed E-state index contributed by atoms with van der Waals surface area (Å²) in [6.45, 7) is 6.03. The number of nitrogens with zero attached hydrogens (tertiary/aromatic N) is 2. The van der Waals surface area contributed by atoms with Crippen LogP contribution in [0.15, 0.2) is 22.8 Å². The first-order valence-corrected chi connectivity index (χ1v) is 6.49. The molecule has 1 aromatic heterocycles. The van der Waals surface area contributed by atoms with Crippen LogP contribution >= 0.6 is 15.9 Å². The molecule has 1 aliphatic rings. The van der Waals surface area contributed by atoms with Gasteiger partial charge in [0.25, 0.3) is 0 Å². The lowest BCUT2D eigenvalue weighted by atomic mass is 10.1. The van der Waals surface area contributed by atoms with Gasteiger partial charge in [-0.05, 0) is 42.8 Å². The van der Waals surface area contributed by atoms with Gasteiger partial charge in [-0.2, -0.15) is 0 Å². The van der Waals surface area contributed by atoms with Crippen LogP contribution in [-0.2, 0) is 4.74 Å². The largest absolute Gasteiger partial charge is 0.443 e. The van der Waals surface area contributed by atoms with Gasteiger partial charge in [0.05, 0.1) is 0 Å². The van der Waals surface area contributed by atoms with Crippen molar-refractivity contribution in [3.05, 3.63) is 28.4 Å². The monoisotopic (exact) mass is 310 g/mol. The Morgan fingerprint density at radius 1 is 1.50 bits per heavy atom. The van der Waals surface area contributed by atoms with Crippen LogP contribution in [0.25, 0.3) is 6.08 Å². The highest BCUT2D eigenvalue weighted by atomic mass is 79.9. The van der Waals surface area contributed by atoms with Crippen molar-refractivity contribution in [2.75, 3.05) is 11.4 Å². The van der Waals surface area contributed by atoms with E-state index in [-0.39, 0.29) is 6.09 Å². The van der Waals surface area contributed by atoms with Gasteiger partial charge >= 0.3 is 6.09 Å². The fourth-order valence-electron chi connectivity index (χ4n) is 1.65. The van der Waals surface area contributed by atoms with Crippen LogP contribution < -0.4 is 4.90 Å². The van der Waals surface area contributed by atoms with E-state index in [1.165, 1.54) is 4.90 Å². The van der Waals surface area contributed by atoms with Crippen molar-refractivity contribution in [3.8, 4) is 0 Å². The second-order valence-corrected chi connectivity index (χ2v) is 5.98. The van der Waals surface area contributed by atoms with Crippen molar-refractivity contribution in [1.29, 1.82) is 0 Å². The average molecular weight is 311 g/mol. The maximum absolute atomic E-state index is 12.1. The number of ether oxygens (including phenoxy) is 1. The Kier molecular flexibility index (Phi) is 3.43. The summed E-state index contributed by atoms with van der Waals surface area (Å²) in [6, 6.07) is 1.93. The number of rotatable bonds is 0. The number of pyridine rings is 1. The molecule has 4 nitrogen and oxygen atoms in total. The molecule has 2 heterocycles. The van der Waals surface area contributed by atoms with Gasteiger partial charge in [0, 0.05) is 22.8 Å². The van der Waals surface area contributed by atoms with Crippen LogP contribution in [0.3, 0.4) is 0 Å². The summed E-state index contributed by atoms with van der Waals surface area (Å²) in [5.74, 6) is 0.634. The predicted octanol–water partition coefficient (Wildman–Crippen LogP) is 3.61. The molecule has 0 saturated carbocycles. The van der Waals surface area contributed by atoms with Gasteiger partial charge in [0.15, 0.2) is 0 Å². The molecule has 96 valence electrons. The zero-order valence-electron chi connectivity index (χ0n) is 10.6. The van der Waals surface area contributed by atoms with Crippen molar-refractivity contribution in [2.24, 2.45) is 0 Å². The van der Waals surface area contributed by atoms with Crippen molar-refractivity contribution in [3.63, 3.8) is 0 Å². The number of carbonyl (C=O) groups excluding carboxylic acids is 1. The van der Waals surface area contributed by atoms with Gasteiger partial charge in [-0.3, -0.25) is 4.90 Å². The quantitative estimate of drug-likeness (QED) is 0.735. The first-order chi connectivity index (χ1) is 8.37. The first-order valence-electron chi connectivity index (χ1n) is 5.69.